The van der Waals surface area contributed by atoms with Crippen LogP contribution in [0.5, 0.6) is 0 Å². The van der Waals surface area contributed by atoms with Crippen molar-refractivity contribution in [3.05, 3.63) is 54.0 Å². The summed E-state index contributed by atoms with van der Waals surface area (Å²) in [6, 6.07) is 10.3. The zero-order valence-corrected chi connectivity index (χ0v) is 15.5. The topological polar surface area (TPSA) is 31.4 Å². The number of rotatable bonds is 8. The predicted octanol–water partition coefficient (Wildman–Crippen LogP) is 5.91. The minimum absolute atomic E-state index is 0.241. The Morgan fingerprint density at radius 1 is 0.962 bits per heavy atom. The maximum atomic E-state index is 13.0. The van der Waals surface area contributed by atoms with Crippen molar-refractivity contribution in [1.82, 2.24) is 4.98 Å². The molecule has 1 saturated heterocycles. The highest BCUT2D eigenvalue weighted by molar-refractivity contribution is 5.58. The van der Waals surface area contributed by atoms with Crippen LogP contribution in [0.15, 0.2) is 42.6 Å². The third-order valence-electron chi connectivity index (χ3n) is 4.88. The highest BCUT2D eigenvalue weighted by atomic mass is 19.1. The molecule has 0 aliphatic carbocycles. The number of benzene rings is 1. The Bertz CT molecular complexity index is 649. The van der Waals surface area contributed by atoms with E-state index in [0.29, 0.717) is 5.92 Å². The summed E-state index contributed by atoms with van der Waals surface area (Å²) in [6.45, 7) is 3.74. The summed E-state index contributed by atoms with van der Waals surface area (Å²) in [4.78, 5) is 4.47. The van der Waals surface area contributed by atoms with Crippen molar-refractivity contribution >= 4 is 0 Å². The van der Waals surface area contributed by atoms with Crippen molar-refractivity contribution in [1.29, 1.82) is 0 Å². The standard InChI is InChI=1S/C22H28FNO2/c1-2-3-4-5-6-7-17-15-25-22(26-16-17)19-10-13-21(24-14-19)18-8-11-20(23)12-9-18/h8-14,17,22H,2-7,15-16H2,1H3. The maximum absolute atomic E-state index is 13.0. The summed E-state index contributed by atoms with van der Waals surface area (Å²) in [6.07, 6.45) is 9.15. The van der Waals surface area contributed by atoms with Crippen molar-refractivity contribution < 1.29 is 13.9 Å². The van der Waals surface area contributed by atoms with Crippen molar-refractivity contribution in [3.8, 4) is 11.3 Å². The fourth-order valence-corrected chi connectivity index (χ4v) is 3.28. The van der Waals surface area contributed by atoms with Gasteiger partial charge in [0.05, 0.1) is 18.9 Å². The SMILES string of the molecule is CCCCCCCC1COC(c2ccc(-c3ccc(F)cc3)nc2)OC1. The van der Waals surface area contributed by atoms with E-state index in [-0.39, 0.29) is 12.1 Å². The van der Waals surface area contributed by atoms with Gasteiger partial charge < -0.3 is 9.47 Å². The molecular weight excluding hydrogens is 329 g/mol. The lowest BCUT2D eigenvalue weighted by Gasteiger charge is -2.29. The number of aromatic nitrogens is 1. The molecule has 0 spiro atoms. The molecule has 1 fully saturated rings. The van der Waals surface area contributed by atoms with Crippen LogP contribution < -0.4 is 0 Å². The van der Waals surface area contributed by atoms with Gasteiger partial charge in [-0.1, -0.05) is 45.1 Å². The van der Waals surface area contributed by atoms with Crippen LogP contribution in [0.25, 0.3) is 11.3 Å². The number of hydrogen-bond donors (Lipinski definition) is 0. The van der Waals surface area contributed by atoms with E-state index < -0.39 is 0 Å². The van der Waals surface area contributed by atoms with Crippen molar-refractivity contribution in [3.63, 3.8) is 0 Å². The van der Waals surface area contributed by atoms with E-state index in [1.165, 1.54) is 50.7 Å². The molecule has 0 radical (unpaired) electrons. The van der Waals surface area contributed by atoms with Gasteiger partial charge in [0.25, 0.3) is 0 Å². The summed E-state index contributed by atoms with van der Waals surface area (Å²) in [5.41, 5.74) is 2.64. The molecule has 1 aliphatic rings. The molecule has 0 saturated carbocycles. The van der Waals surface area contributed by atoms with E-state index in [1.807, 2.05) is 12.1 Å². The summed E-state index contributed by atoms with van der Waals surface area (Å²) >= 11 is 0. The number of halogens is 1. The predicted molar refractivity (Wildman–Crippen MR) is 101 cm³/mol. The molecule has 2 heterocycles. The highest BCUT2D eigenvalue weighted by Crippen LogP contribution is 2.28. The lowest BCUT2D eigenvalue weighted by atomic mass is 10.0. The normalized spacial score (nSPS) is 20.2. The molecule has 1 aliphatic heterocycles. The molecule has 2 aromatic rings. The fourth-order valence-electron chi connectivity index (χ4n) is 3.28. The third-order valence-corrected chi connectivity index (χ3v) is 4.88. The molecule has 0 bridgehead atoms. The first-order valence-corrected chi connectivity index (χ1v) is 9.71. The average molecular weight is 357 g/mol. The van der Waals surface area contributed by atoms with Crippen LogP contribution >= 0.6 is 0 Å². The molecule has 4 heteroatoms. The van der Waals surface area contributed by atoms with Gasteiger partial charge in [-0.15, -0.1) is 0 Å². The molecule has 3 rings (SSSR count). The molecule has 0 N–H and O–H groups in total. The molecule has 0 unspecified atom stereocenters. The maximum Gasteiger partial charge on any atom is 0.185 e. The van der Waals surface area contributed by atoms with Crippen LogP contribution in [0.1, 0.15) is 57.3 Å². The van der Waals surface area contributed by atoms with Gasteiger partial charge in [0.1, 0.15) is 5.82 Å². The average Bonchev–Trinajstić information content (AvgIpc) is 2.69. The monoisotopic (exact) mass is 357 g/mol. The molecule has 3 nitrogen and oxygen atoms in total. The molecule has 0 atom stereocenters. The van der Waals surface area contributed by atoms with E-state index in [2.05, 4.69) is 11.9 Å². The van der Waals surface area contributed by atoms with E-state index in [1.54, 1.807) is 18.3 Å². The first-order chi connectivity index (χ1) is 12.8. The summed E-state index contributed by atoms with van der Waals surface area (Å²) in [7, 11) is 0. The van der Waals surface area contributed by atoms with E-state index >= 15 is 0 Å². The number of nitrogens with zero attached hydrogens (tertiary/aromatic N) is 1. The van der Waals surface area contributed by atoms with E-state index in [4.69, 9.17) is 9.47 Å². The van der Waals surface area contributed by atoms with Crippen LogP contribution in [-0.2, 0) is 9.47 Å². The van der Waals surface area contributed by atoms with Crippen LogP contribution in [0.4, 0.5) is 4.39 Å². The van der Waals surface area contributed by atoms with Crippen molar-refractivity contribution in [2.75, 3.05) is 13.2 Å². The van der Waals surface area contributed by atoms with Gasteiger partial charge in [-0.05, 0) is 36.8 Å². The molecule has 140 valence electrons. The Balaban J connectivity index is 1.46. The second-order valence-electron chi connectivity index (χ2n) is 7.05. The molecule has 1 aromatic heterocycles. The van der Waals surface area contributed by atoms with Gasteiger partial charge in [-0.3, -0.25) is 4.98 Å². The van der Waals surface area contributed by atoms with Crippen molar-refractivity contribution in [2.24, 2.45) is 5.92 Å². The van der Waals surface area contributed by atoms with Crippen LogP contribution in [0, 0.1) is 11.7 Å². The summed E-state index contributed by atoms with van der Waals surface area (Å²) in [5, 5.41) is 0. The van der Waals surface area contributed by atoms with E-state index in [0.717, 1.165) is 30.0 Å². The number of unbranched alkanes of at least 4 members (excludes halogenated alkanes) is 4. The van der Waals surface area contributed by atoms with Gasteiger partial charge in [0, 0.05) is 23.2 Å². The first kappa shape index (κ1) is 19.0. The Morgan fingerprint density at radius 3 is 2.35 bits per heavy atom. The number of ether oxygens (including phenoxy) is 2. The Kier molecular flexibility index (Phi) is 7.15. The highest BCUT2D eigenvalue weighted by Gasteiger charge is 2.23. The fraction of sp³-hybridized carbons (Fsp3) is 0.500. The molecule has 1 aromatic carbocycles. The third kappa shape index (κ3) is 5.36. The number of pyridine rings is 1. The second kappa shape index (κ2) is 9.79. The Hall–Kier alpha value is -1.78. The van der Waals surface area contributed by atoms with Gasteiger partial charge in [-0.2, -0.15) is 0 Å². The summed E-state index contributed by atoms with van der Waals surface area (Å²) in [5.74, 6) is 0.258. The molecule has 0 amide bonds. The Labute approximate surface area is 155 Å². The molecular formula is C22H28FNO2. The van der Waals surface area contributed by atoms with Crippen LogP contribution in [0.2, 0.25) is 0 Å². The summed E-state index contributed by atoms with van der Waals surface area (Å²) < 4.78 is 24.8. The van der Waals surface area contributed by atoms with Gasteiger partial charge >= 0.3 is 0 Å². The van der Waals surface area contributed by atoms with Gasteiger partial charge in [0.2, 0.25) is 0 Å². The van der Waals surface area contributed by atoms with Crippen LogP contribution in [-0.4, -0.2) is 18.2 Å². The first-order valence-electron chi connectivity index (χ1n) is 9.71. The minimum atomic E-state index is -0.332. The minimum Gasteiger partial charge on any atom is -0.348 e. The molecule has 26 heavy (non-hydrogen) atoms. The van der Waals surface area contributed by atoms with Crippen LogP contribution in [0.3, 0.4) is 0 Å². The van der Waals surface area contributed by atoms with E-state index in [9.17, 15) is 4.39 Å². The lowest BCUT2D eigenvalue weighted by Crippen LogP contribution is -2.27. The van der Waals surface area contributed by atoms with Gasteiger partial charge in [0.15, 0.2) is 6.29 Å². The lowest BCUT2D eigenvalue weighted by molar-refractivity contribution is -0.206. The van der Waals surface area contributed by atoms with Crippen molar-refractivity contribution in [2.45, 2.75) is 51.7 Å². The zero-order chi connectivity index (χ0) is 18.2. The quantitative estimate of drug-likeness (QED) is 0.550. The smallest absolute Gasteiger partial charge is 0.185 e. The van der Waals surface area contributed by atoms with Gasteiger partial charge in [-0.25, -0.2) is 4.39 Å². The largest absolute Gasteiger partial charge is 0.348 e. The number of hydrogen-bond acceptors (Lipinski definition) is 3. The zero-order valence-electron chi connectivity index (χ0n) is 15.5. The second-order valence-corrected chi connectivity index (χ2v) is 7.05. The Morgan fingerprint density at radius 2 is 1.69 bits per heavy atom.